The topological polar surface area (TPSA) is 82.4 Å². The molecule has 1 saturated heterocycles. The van der Waals surface area contributed by atoms with E-state index in [0.29, 0.717) is 5.56 Å². The molecule has 3 rings (SSSR count). The number of rotatable bonds is 5. The lowest BCUT2D eigenvalue weighted by molar-refractivity contribution is 0.0991. The molecular formula is C17H23N3O3S. The third kappa shape index (κ3) is 3.62. The van der Waals surface area contributed by atoms with Crippen molar-refractivity contribution < 1.29 is 13.2 Å². The van der Waals surface area contributed by atoms with Gasteiger partial charge in [-0.05, 0) is 37.5 Å². The van der Waals surface area contributed by atoms with Gasteiger partial charge in [0.1, 0.15) is 0 Å². The summed E-state index contributed by atoms with van der Waals surface area (Å²) in [7, 11) is -1.89. The number of nitrogens with zero attached hydrogens (tertiary/aromatic N) is 2. The highest BCUT2D eigenvalue weighted by atomic mass is 32.2. The lowest BCUT2D eigenvalue weighted by atomic mass is 10.1. The smallest absolute Gasteiger partial charge is 0.240 e. The fourth-order valence-electron chi connectivity index (χ4n) is 3.76. The molecule has 0 radical (unpaired) electrons. The van der Waals surface area contributed by atoms with E-state index in [0.717, 1.165) is 38.8 Å². The van der Waals surface area contributed by atoms with Gasteiger partial charge in [-0.2, -0.15) is 5.26 Å². The number of benzene rings is 1. The van der Waals surface area contributed by atoms with Crippen molar-refractivity contribution in [2.75, 3.05) is 20.2 Å². The zero-order chi connectivity index (χ0) is 17.2. The second-order valence-corrected chi connectivity index (χ2v) is 8.22. The summed E-state index contributed by atoms with van der Waals surface area (Å²) in [5.74, 6) is 0. The molecule has 2 aliphatic rings. The molecule has 24 heavy (non-hydrogen) atoms. The summed E-state index contributed by atoms with van der Waals surface area (Å²) < 4.78 is 33.6. The minimum atomic E-state index is -3.62. The van der Waals surface area contributed by atoms with Crippen LogP contribution in [0, 0.1) is 11.3 Å². The van der Waals surface area contributed by atoms with E-state index in [1.807, 2.05) is 6.07 Å². The van der Waals surface area contributed by atoms with Gasteiger partial charge in [-0.15, -0.1) is 0 Å². The van der Waals surface area contributed by atoms with Crippen LogP contribution in [0.5, 0.6) is 0 Å². The van der Waals surface area contributed by atoms with Crippen LogP contribution in [0.4, 0.5) is 0 Å². The Balaban J connectivity index is 1.73. The molecule has 1 saturated carbocycles. The first-order valence-corrected chi connectivity index (χ1v) is 9.81. The molecule has 7 heteroatoms. The van der Waals surface area contributed by atoms with Crippen molar-refractivity contribution in [2.24, 2.45) is 0 Å². The van der Waals surface area contributed by atoms with Crippen LogP contribution in [0.2, 0.25) is 0 Å². The highest BCUT2D eigenvalue weighted by Gasteiger charge is 2.38. The molecule has 0 spiro atoms. The fourth-order valence-corrected chi connectivity index (χ4v) is 5.11. The van der Waals surface area contributed by atoms with Crippen LogP contribution in [0.25, 0.3) is 0 Å². The van der Waals surface area contributed by atoms with E-state index in [4.69, 9.17) is 10.00 Å². The third-order valence-corrected chi connectivity index (χ3v) is 6.53. The monoisotopic (exact) mass is 349 g/mol. The van der Waals surface area contributed by atoms with Crippen LogP contribution in [0.3, 0.4) is 0 Å². The Hall–Kier alpha value is -1.46. The molecule has 1 aliphatic carbocycles. The van der Waals surface area contributed by atoms with Gasteiger partial charge < -0.3 is 4.74 Å². The molecule has 3 atom stereocenters. The Labute approximate surface area is 143 Å². The van der Waals surface area contributed by atoms with Gasteiger partial charge in [0.15, 0.2) is 0 Å². The van der Waals surface area contributed by atoms with E-state index in [-0.39, 0.29) is 23.1 Å². The van der Waals surface area contributed by atoms with Crippen LogP contribution in [0.15, 0.2) is 29.2 Å². The van der Waals surface area contributed by atoms with E-state index in [1.54, 1.807) is 19.2 Å². The number of sulfonamides is 1. The molecule has 0 bridgehead atoms. The number of nitriles is 1. The highest BCUT2D eigenvalue weighted by molar-refractivity contribution is 7.89. The number of nitrogens with one attached hydrogen (secondary N) is 1. The van der Waals surface area contributed by atoms with Gasteiger partial charge in [0.05, 0.1) is 22.6 Å². The molecule has 1 aliphatic heterocycles. The number of ether oxygens (including phenoxy) is 1. The van der Waals surface area contributed by atoms with E-state index in [1.165, 1.54) is 12.1 Å². The van der Waals surface area contributed by atoms with Crippen molar-refractivity contribution in [1.82, 2.24) is 9.62 Å². The molecular weight excluding hydrogens is 326 g/mol. The zero-order valence-corrected chi connectivity index (χ0v) is 14.6. The van der Waals surface area contributed by atoms with Crippen molar-refractivity contribution in [3.05, 3.63) is 29.8 Å². The summed E-state index contributed by atoms with van der Waals surface area (Å²) >= 11 is 0. The molecule has 130 valence electrons. The van der Waals surface area contributed by atoms with Crippen LogP contribution in [0.1, 0.15) is 31.2 Å². The van der Waals surface area contributed by atoms with E-state index >= 15 is 0 Å². The first-order chi connectivity index (χ1) is 11.5. The maximum absolute atomic E-state index is 12.7. The quantitative estimate of drug-likeness (QED) is 0.871. The summed E-state index contributed by atoms with van der Waals surface area (Å²) in [6.07, 6.45) is 4.11. The second-order valence-electron chi connectivity index (χ2n) is 6.51. The van der Waals surface area contributed by atoms with Crippen LogP contribution in [-0.4, -0.2) is 51.7 Å². The number of hydrogen-bond donors (Lipinski definition) is 1. The largest absolute Gasteiger partial charge is 0.380 e. The Morgan fingerprint density at radius 3 is 2.88 bits per heavy atom. The Kier molecular flexibility index (Phi) is 5.21. The first-order valence-electron chi connectivity index (χ1n) is 8.33. The molecule has 1 aromatic rings. The lowest BCUT2D eigenvalue weighted by Crippen LogP contribution is -2.48. The second kappa shape index (κ2) is 7.19. The Morgan fingerprint density at radius 2 is 2.17 bits per heavy atom. The molecule has 1 unspecified atom stereocenters. The van der Waals surface area contributed by atoms with E-state index in [2.05, 4.69) is 9.62 Å². The summed E-state index contributed by atoms with van der Waals surface area (Å²) in [6.45, 7) is 1.81. The van der Waals surface area contributed by atoms with E-state index in [9.17, 15) is 8.42 Å². The lowest BCUT2D eigenvalue weighted by Gasteiger charge is -2.29. The molecule has 1 heterocycles. The number of methoxy groups -OCH3 is 1. The predicted octanol–water partition coefficient (Wildman–Crippen LogP) is 1.48. The number of hydrogen-bond acceptors (Lipinski definition) is 5. The molecule has 1 aromatic carbocycles. The summed E-state index contributed by atoms with van der Waals surface area (Å²) in [6, 6.07) is 8.27. The maximum atomic E-state index is 12.7. The Bertz CT molecular complexity index is 729. The molecule has 0 amide bonds. The van der Waals surface area contributed by atoms with Crippen molar-refractivity contribution in [3.63, 3.8) is 0 Å². The van der Waals surface area contributed by atoms with Crippen molar-refractivity contribution in [1.29, 1.82) is 5.26 Å². The van der Waals surface area contributed by atoms with Gasteiger partial charge >= 0.3 is 0 Å². The van der Waals surface area contributed by atoms with Gasteiger partial charge in [0.2, 0.25) is 10.0 Å². The summed E-state index contributed by atoms with van der Waals surface area (Å²) in [4.78, 5) is 2.50. The average Bonchev–Trinajstić information content (AvgIpc) is 3.23. The minimum Gasteiger partial charge on any atom is -0.380 e. The number of likely N-dealkylation sites (tertiary alicyclic amines) is 1. The Morgan fingerprint density at radius 1 is 1.33 bits per heavy atom. The predicted molar refractivity (Wildman–Crippen MR) is 89.9 cm³/mol. The van der Waals surface area contributed by atoms with Crippen LogP contribution in [-0.2, 0) is 14.8 Å². The molecule has 0 aromatic heterocycles. The summed E-state index contributed by atoms with van der Waals surface area (Å²) in [5, 5.41) is 8.96. The van der Waals surface area contributed by atoms with Crippen LogP contribution < -0.4 is 4.72 Å². The van der Waals surface area contributed by atoms with Gasteiger partial charge in [-0.3, -0.25) is 4.90 Å². The first kappa shape index (κ1) is 17.4. The summed E-state index contributed by atoms with van der Waals surface area (Å²) in [5.41, 5.74) is 0.350. The van der Waals surface area contributed by atoms with Gasteiger partial charge in [-0.25, -0.2) is 13.1 Å². The average molecular weight is 349 g/mol. The van der Waals surface area contributed by atoms with Crippen molar-refractivity contribution in [2.45, 2.75) is 48.8 Å². The van der Waals surface area contributed by atoms with Crippen molar-refractivity contribution in [3.8, 4) is 6.07 Å². The van der Waals surface area contributed by atoms with Crippen molar-refractivity contribution >= 4 is 10.0 Å². The third-order valence-electron chi connectivity index (χ3n) is 5.04. The zero-order valence-electron chi connectivity index (χ0n) is 13.8. The standard InChI is InChI=1S/C17H23N3O3S/c1-23-14-8-9-20(12-14)17-7-3-6-16(17)19-24(21,22)15-5-2-4-13(10-15)11-18/h2,4-5,10,14,16-17,19H,3,6-9,12H2,1H3/t14?,16-,17+/m1/s1. The maximum Gasteiger partial charge on any atom is 0.240 e. The normalized spacial score (nSPS) is 28.1. The molecule has 2 fully saturated rings. The van der Waals surface area contributed by atoms with Crippen LogP contribution >= 0.6 is 0 Å². The molecule has 1 N–H and O–H groups in total. The van der Waals surface area contributed by atoms with Gasteiger partial charge in [0.25, 0.3) is 0 Å². The van der Waals surface area contributed by atoms with E-state index < -0.39 is 10.0 Å². The SMILES string of the molecule is COC1CCN([C@H]2CCC[C@H]2NS(=O)(=O)c2cccc(C#N)c2)C1. The highest BCUT2D eigenvalue weighted by Crippen LogP contribution is 2.29. The van der Waals surface area contributed by atoms with Gasteiger partial charge in [-0.1, -0.05) is 12.5 Å². The molecule has 6 nitrogen and oxygen atoms in total. The fraction of sp³-hybridized carbons (Fsp3) is 0.588. The van der Waals surface area contributed by atoms with Gasteiger partial charge in [0, 0.05) is 32.3 Å². The minimum absolute atomic E-state index is 0.0867.